The van der Waals surface area contributed by atoms with E-state index in [0.717, 1.165) is 6.92 Å². The number of carbonyl (C=O) groups is 2. The molecule has 10 nitrogen and oxygen atoms in total. The van der Waals surface area contributed by atoms with Gasteiger partial charge in [-0.2, -0.15) is 5.21 Å². The number of hydrogen-bond donors (Lipinski definition) is 5. The van der Waals surface area contributed by atoms with E-state index in [1.807, 2.05) is 0 Å². The van der Waals surface area contributed by atoms with Crippen LogP contribution in [0.2, 0.25) is 0 Å². The van der Waals surface area contributed by atoms with Crippen LogP contribution in [0.5, 0.6) is 0 Å². The summed E-state index contributed by atoms with van der Waals surface area (Å²) in [7, 11) is 0. The molecule has 1 aromatic heterocycles. The number of urea groups is 1. The third-order valence-electron chi connectivity index (χ3n) is 2.15. The number of aromatic amines is 1. The smallest absolute Gasteiger partial charge is 0.337 e. The molecule has 0 spiro atoms. The molecule has 1 heterocycles. The van der Waals surface area contributed by atoms with Crippen molar-refractivity contribution in [1.29, 1.82) is 0 Å². The zero-order valence-corrected chi connectivity index (χ0v) is 9.84. The predicted octanol–water partition coefficient (Wildman–Crippen LogP) is -1.60. The normalized spacial score (nSPS) is 15.5. The molecule has 0 bridgehead atoms. The molecule has 0 fully saturated rings. The summed E-state index contributed by atoms with van der Waals surface area (Å²) >= 11 is 0. The Morgan fingerprint density at radius 3 is 2.72 bits per heavy atom. The first-order valence-electron chi connectivity index (χ1n) is 5.06. The van der Waals surface area contributed by atoms with Gasteiger partial charge in [-0.1, -0.05) is 5.21 Å². The zero-order valence-electron chi connectivity index (χ0n) is 9.84. The maximum absolute atomic E-state index is 11.4. The lowest BCUT2D eigenvalue weighted by atomic mass is 10.1. The van der Waals surface area contributed by atoms with E-state index in [2.05, 4.69) is 31.3 Å². The Morgan fingerprint density at radius 1 is 1.56 bits per heavy atom. The number of aliphatic hydroxyl groups is 1. The summed E-state index contributed by atoms with van der Waals surface area (Å²) in [6, 6.07) is -1.15. The first kappa shape index (κ1) is 13.8. The summed E-state index contributed by atoms with van der Waals surface area (Å²) in [4.78, 5) is 22.0. The number of nitrogens with one attached hydrogen (secondary N) is 3. The van der Waals surface area contributed by atoms with Gasteiger partial charge in [0.2, 0.25) is 0 Å². The first-order chi connectivity index (χ1) is 8.33. The maximum Gasteiger partial charge on any atom is 0.337 e. The van der Waals surface area contributed by atoms with Crippen molar-refractivity contribution in [3.05, 3.63) is 5.82 Å². The van der Waals surface area contributed by atoms with E-state index in [1.54, 1.807) is 6.92 Å². The van der Waals surface area contributed by atoms with Crippen LogP contribution in [0.4, 0.5) is 4.79 Å². The summed E-state index contributed by atoms with van der Waals surface area (Å²) in [6.07, 6.45) is 0. The van der Waals surface area contributed by atoms with Crippen molar-refractivity contribution in [3.8, 4) is 0 Å². The van der Waals surface area contributed by atoms with E-state index in [9.17, 15) is 14.7 Å². The van der Waals surface area contributed by atoms with E-state index < -0.39 is 30.2 Å². The van der Waals surface area contributed by atoms with Crippen LogP contribution in [-0.2, 0) is 4.79 Å². The van der Waals surface area contributed by atoms with Crippen molar-refractivity contribution >= 4 is 12.0 Å². The number of aromatic nitrogens is 4. The van der Waals surface area contributed by atoms with Gasteiger partial charge in [0, 0.05) is 0 Å². The number of amides is 2. The molecule has 0 aliphatic heterocycles. The molecule has 2 unspecified atom stereocenters. The summed E-state index contributed by atoms with van der Waals surface area (Å²) in [5.41, 5.74) is -2.02. The monoisotopic (exact) mass is 258 g/mol. The molecule has 2 amide bonds. The van der Waals surface area contributed by atoms with Crippen molar-refractivity contribution in [2.75, 3.05) is 6.54 Å². The van der Waals surface area contributed by atoms with Gasteiger partial charge >= 0.3 is 12.0 Å². The molecule has 0 saturated heterocycles. The lowest BCUT2D eigenvalue weighted by molar-refractivity contribution is -0.155. The number of nitrogens with zero attached hydrogens (tertiary/aromatic N) is 3. The lowest BCUT2D eigenvalue weighted by Crippen LogP contribution is -2.49. The zero-order chi connectivity index (χ0) is 13.8. The molecular weight excluding hydrogens is 244 g/mol. The van der Waals surface area contributed by atoms with E-state index in [4.69, 9.17) is 5.11 Å². The van der Waals surface area contributed by atoms with Gasteiger partial charge in [0.1, 0.15) is 0 Å². The molecule has 0 aromatic carbocycles. The van der Waals surface area contributed by atoms with Gasteiger partial charge < -0.3 is 20.8 Å². The van der Waals surface area contributed by atoms with Crippen LogP contribution >= 0.6 is 0 Å². The van der Waals surface area contributed by atoms with Gasteiger partial charge in [-0.15, -0.1) is 10.2 Å². The molecule has 10 heteroatoms. The van der Waals surface area contributed by atoms with E-state index in [-0.39, 0.29) is 5.82 Å². The summed E-state index contributed by atoms with van der Waals surface area (Å²) in [5, 5.41) is 35.6. The van der Waals surface area contributed by atoms with Crippen LogP contribution < -0.4 is 10.6 Å². The van der Waals surface area contributed by atoms with Crippen molar-refractivity contribution < 1.29 is 19.8 Å². The minimum absolute atomic E-state index is 0.287. The Hall–Kier alpha value is -2.23. The summed E-state index contributed by atoms with van der Waals surface area (Å²) < 4.78 is 0. The van der Waals surface area contributed by atoms with Crippen molar-refractivity contribution in [3.63, 3.8) is 0 Å². The fraction of sp³-hybridized carbons (Fsp3) is 0.625. The minimum atomic E-state index is -2.02. The molecule has 1 rings (SSSR count). The summed E-state index contributed by atoms with van der Waals surface area (Å²) in [5.74, 6) is -1.14. The Balaban J connectivity index is 2.41. The van der Waals surface area contributed by atoms with E-state index >= 15 is 0 Å². The van der Waals surface area contributed by atoms with Gasteiger partial charge in [-0.05, 0) is 13.8 Å². The Bertz CT molecular complexity index is 417. The molecule has 0 aliphatic carbocycles. The molecule has 0 radical (unpaired) electrons. The average Bonchev–Trinajstić information content (AvgIpc) is 2.79. The highest BCUT2D eigenvalue weighted by Crippen LogP contribution is 2.03. The van der Waals surface area contributed by atoms with E-state index in [1.165, 1.54) is 0 Å². The van der Waals surface area contributed by atoms with Crippen LogP contribution in [-0.4, -0.2) is 55.0 Å². The highest BCUT2D eigenvalue weighted by Gasteiger charge is 2.30. The van der Waals surface area contributed by atoms with Gasteiger partial charge in [-0.25, -0.2) is 9.59 Å². The van der Waals surface area contributed by atoms with Gasteiger partial charge in [0.25, 0.3) is 0 Å². The SMILES string of the molecule is CC(NC(=O)NCC(C)(O)C(=O)O)c1nn[nH]n1. The van der Waals surface area contributed by atoms with Crippen molar-refractivity contribution in [2.24, 2.45) is 0 Å². The molecule has 0 saturated carbocycles. The number of carbonyl (C=O) groups excluding carboxylic acids is 1. The Morgan fingerprint density at radius 2 is 2.22 bits per heavy atom. The quantitative estimate of drug-likeness (QED) is 0.426. The van der Waals surface area contributed by atoms with Crippen LogP contribution in [0.25, 0.3) is 0 Å². The standard InChI is InChI=1S/C8H14N6O4/c1-4(5-11-13-14-12-5)10-7(17)9-3-8(2,18)6(15)16/h4,18H,3H2,1-2H3,(H,15,16)(H2,9,10,17)(H,11,12,13,14). The van der Waals surface area contributed by atoms with Crippen LogP contribution in [0.3, 0.4) is 0 Å². The second kappa shape index (κ2) is 5.40. The largest absolute Gasteiger partial charge is 0.479 e. The number of rotatable bonds is 5. The number of tetrazole rings is 1. The average molecular weight is 258 g/mol. The second-order valence-corrected chi connectivity index (χ2v) is 3.90. The van der Waals surface area contributed by atoms with Crippen LogP contribution in [0, 0.1) is 0 Å². The number of carboxylic acid groups (broad SMARTS) is 1. The topological polar surface area (TPSA) is 153 Å². The molecule has 2 atom stereocenters. The maximum atomic E-state index is 11.4. The van der Waals surface area contributed by atoms with Crippen molar-refractivity contribution in [1.82, 2.24) is 31.3 Å². The predicted molar refractivity (Wildman–Crippen MR) is 57.4 cm³/mol. The first-order valence-corrected chi connectivity index (χ1v) is 5.06. The molecule has 18 heavy (non-hydrogen) atoms. The van der Waals surface area contributed by atoms with Gasteiger partial charge in [0.15, 0.2) is 11.4 Å². The highest BCUT2D eigenvalue weighted by molar-refractivity contribution is 5.79. The number of aliphatic carboxylic acids is 1. The third-order valence-corrected chi connectivity index (χ3v) is 2.15. The van der Waals surface area contributed by atoms with E-state index in [0.29, 0.717) is 0 Å². The third kappa shape index (κ3) is 3.66. The van der Waals surface area contributed by atoms with Crippen molar-refractivity contribution in [2.45, 2.75) is 25.5 Å². The Labute approximate surface area is 102 Å². The fourth-order valence-corrected chi connectivity index (χ4v) is 0.993. The van der Waals surface area contributed by atoms with Crippen LogP contribution in [0.15, 0.2) is 0 Å². The Kier molecular flexibility index (Phi) is 4.15. The molecule has 5 N–H and O–H groups in total. The lowest BCUT2D eigenvalue weighted by Gasteiger charge is -2.19. The highest BCUT2D eigenvalue weighted by atomic mass is 16.4. The fourth-order valence-electron chi connectivity index (χ4n) is 0.993. The molecule has 0 aliphatic rings. The minimum Gasteiger partial charge on any atom is -0.479 e. The summed E-state index contributed by atoms with van der Waals surface area (Å²) in [6.45, 7) is 2.28. The molecular formula is C8H14N6O4. The second-order valence-electron chi connectivity index (χ2n) is 3.90. The van der Waals surface area contributed by atoms with Gasteiger partial charge in [0.05, 0.1) is 12.6 Å². The van der Waals surface area contributed by atoms with Crippen LogP contribution in [0.1, 0.15) is 25.7 Å². The number of H-pyrrole nitrogens is 1. The number of hydrogen-bond acceptors (Lipinski definition) is 6. The van der Waals surface area contributed by atoms with Gasteiger partial charge in [-0.3, -0.25) is 0 Å². The molecule has 100 valence electrons. The number of carboxylic acids is 1. The molecule has 1 aromatic rings.